The number of hydrogen-bond acceptors (Lipinski definition) is 3. The first-order valence-electron chi connectivity index (χ1n) is 9.80. The van der Waals surface area contributed by atoms with Gasteiger partial charge in [0.05, 0.1) is 11.6 Å². The zero-order valence-corrected chi connectivity index (χ0v) is 16.5. The molecular weight excluding hydrogens is 400 g/mol. The molecule has 1 atom stereocenters. The number of halogens is 2. The molecule has 1 aromatic heterocycles. The van der Waals surface area contributed by atoms with Crippen molar-refractivity contribution in [1.29, 1.82) is 0 Å². The van der Waals surface area contributed by atoms with Gasteiger partial charge in [-0.2, -0.15) is 5.10 Å². The number of anilines is 1. The monoisotopic (exact) mass is 417 g/mol. The Labute approximate surface area is 176 Å². The molecule has 2 heterocycles. The molecule has 154 valence electrons. The van der Waals surface area contributed by atoms with E-state index in [4.69, 9.17) is 0 Å². The second kappa shape index (κ2) is 7.12. The number of fused-ring (bicyclic) bond motifs is 2. The van der Waals surface area contributed by atoms with E-state index < -0.39 is 17.6 Å². The van der Waals surface area contributed by atoms with Gasteiger partial charge in [-0.1, -0.05) is 36.4 Å². The number of amides is 1. The molecule has 3 aromatic carbocycles. The largest absolute Gasteiger partial charge is 0.310 e. The van der Waals surface area contributed by atoms with Gasteiger partial charge < -0.3 is 5.32 Å². The molecule has 0 radical (unpaired) electrons. The molecule has 5 nitrogen and oxygen atoms in total. The Bertz CT molecular complexity index is 1380. The lowest BCUT2D eigenvalue weighted by atomic mass is 9.85. The third kappa shape index (κ3) is 3.18. The van der Waals surface area contributed by atoms with Crippen LogP contribution in [0.25, 0.3) is 16.5 Å². The van der Waals surface area contributed by atoms with E-state index >= 15 is 0 Å². The van der Waals surface area contributed by atoms with E-state index in [0.29, 0.717) is 16.8 Å². The van der Waals surface area contributed by atoms with Crippen molar-refractivity contribution in [3.05, 3.63) is 89.1 Å². The van der Waals surface area contributed by atoms with Crippen molar-refractivity contribution in [2.75, 3.05) is 5.32 Å². The van der Waals surface area contributed by atoms with Crippen LogP contribution < -0.4 is 5.32 Å². The Morgan fingerprint density at radius 1 is 1.06 bits per heavy atom. The quantitative estimate of drug-likeness (QED) is 0.481. The SMILES string of the molecule is Cc1nn(-c2ccc(F)cc2F)c2c1[C@H](C(=O)c1ccc3ccccc3c1)CC(=O)N2. The number of benzene rings is 3. The highest BCUT2D eigenvalue weighted by Gasteiger charge is 2.36. The highest BCUT2D eigenvalue weighted by Crippen LogP contribution is 2.38. The van der Waals surface area contributed by atoms with Crippen LogP contribution >= 0.6 is 0 Å². The minimum Gasteiger partial charge on any atom is -0.310 e. The number of carbonyl (C=O) groups excluding carboxylic acids is 2. The molecule has 31 heavy (non-hydrogen) atoms. The van der Waals surface area contributed by atoms with E-state index in [1.54, 1.807) is 13.0 Å². The average Bonchev–Trinajstić information content (AvgIpc) is 3.08. The van der Waals surface area contributed by atoms with Gasteiger partial charge in [-0.3, -0.25) is 9.59 Å². The van der Waals surface area contributed by atoms with E-state index in [0.717, 1.165) is 22.9 Å². The molecule has 0 saturated carbocycles. The van der Waals surface area contributed by atoms with Crippen LogP contribution in [0.4, 0.5) is 14.6 Å². The van der Waals surface area contributed by atoms with E-state index in [1.165, 1.54) is 10.7 Å². The second-order valence-corrected chi connectivity index (χ2v) is 7.59. The van der Waals surface area contributed by atoms with Crippen molar-refractivity contribution in [1.82, 2.24) is 9.78 Å². The number of aromatic nitrogens is 2. The molecule has 0 unspecified atom stereocenters. The fraction of sp³-hybridized carbons (Fsp3) is 0.125. The molecule has 7 heteroatoms. The van der Waals surface area contributed by atoms with Crippen molar-refractivity contribution >= 4 is 28.3 Å². The first-order valence-corrected chi connectivity index (χ1v) is 9.80. The van der Waals surface area contributed by atoms with Gasteiger partial charge in [0.2, 0.25) is 5.91 Å². The Morgan fingerprint density at radius 3 is 2.61 bits per heavy atom. The van der Waals surface area contributed by atoms with E-state index in [2.05, 4.69) is 10.4 Å². The number of carbonyl (C=O) groups is 2. The summed E-state index contributed by atoms with van der Waals surface area (Å²) in [5, 5.41) is 8.99. The number of nitrogens with one attached hydrogen (secondary N) is 1. The molecule has 5 rings (SSSR count). The maximum Gasteiger partial charge on any atom is 0.226 e. The number of rotatable bonds is 3. The van der Waals surface area contributed by atoms with Crippen LogP contribution in [-0.2, 0) is 4.79 Å². The Morgan fingerprint density at radius 2 is 1.84 bits per heavy atom. The number of Topliss-reactive ketones (excluding diaryl/α,β-unsaturated/α-hetero) is 1. The minimum absolute atomic E-state index is 0.00939. The van der Waals surface area contributed by atoms with Crippen LogP contribution in [-0.4, -0.2) is 21.5 Å². The van der Waals surface area contributed by atoms with Gasteiger partial charge in [-0.05, 0) is 35.9 Å². The summed E-state index contributed by atoms with van der Waals surface area (Å²) in [5.74, 6) is -2.62. The second-order valence-electron chi connectivity index (χ2n) is 7.59. The fourth-order valence-electron chi connectivity index (χ4n) is 4.14. The summed E-state index contributed by atoms with van der Waals surface area (Å²) in [5.41, 5.74) is 1.52. The third-order valence-corrected chi connectivity index (χ3v) is 5.59. The van der Waals surface area contributed by atoms with Crippen molar-refractivity contribution in [3.8, 4) is 5.69 Å². The smallest absolute Gasteiger partial charge is 0.226 e. The topological polar surface area (TPSA) is 64.0 Å². The molecular formula is C24H17F2N3O2. The van der Waals surface area contributed by atoms with Crippen LogP contribution in [0.1, 0.15) is 34.0 Å². The highest BCUT2D eigenvalue weighted by atomic mass is 19.1. The number of aryl methyl sites for hydroxylation is 1. The lowest BCUT2D eigenvalue weighted by Gasteiger charge is -2.23. The number of hydrogen-bond donors (Lipinski definition) is 1. The van der Waals surface area contributed by atoms with E-state index in [9.17, 15) is 18.4 Å². The fourth-order valence-corrected chi connectivity index (χ4v) is 4.14. The summed E-state index contributed by atoms with van der Waals surface area (Å²) in [6.07, 6.45) is -0.0307. The van der Waals surface area contributed by atoms with Gasteiger partial charge in [-0.25, -0.2) is 13.5 Å². The van der Waals surface area contributed by atoms with Crippen LogP contribution in [0.2, 0.25) is 0 Å². The van der Waals surface area contributed by atoms with Crippen molar-refractivity contribution in [2.24, 2.45) is 0 Å². The van der Waals surface area contributed by atoms with Gasteiger partial charge >= 0.3 is 0 Å². The summed E-state index contributed by atoms with van der Waals surface area (Å²) in [6, 6.07) is 16.2. The summed E-state index contributed by atoms with van der Waals surface area (Å²) in [4.78, 5) is 25.9. The van der Waals surface area contributed by atoms with Crippen molar-refractivity contribution in [2.45, 2.75) is 19.3 Å². The lowest BCUT2D eigenvalue weighted by molar-refractivity contribution is -0.116. The van der Waals surface area contributed by atoms with Crippen LogP contribution in [0.5, 0.6) is 0 Å². The predicted octanol–water partition coefficient (Wildman–Crippen LogP) is 4.92. The molecule has 1 N–H and O–H groups in total. The predicted molar refractivity (Wildman–Crippen MR) is 112 cm³/mol. The Kier molecular flexibility index (Phi) is 4.39. The van der Waals surface area contributed by atoms with E-state index in [1.807, 2.05) is 36.4 Å². The van der Waals surface area contributed by atoms with Crippen molar-refractivity contribution < 1.29 is 18.4 Å². The normalized spacial score (nSPS) is 15.6. The van der Waals surface area contributed by atoms with Crippen LogP contribution in [0, 0.1) is 18.6 Å². The maximum absolute atomic E-state index is 14.4. The van der Waals surface area contributed by atoms with Gasteiger partial charge in [0, 0.05) is 23.6 Å². The zero-order valence-electron chi connectivity index (χ0n) is 16.5. The van der Waals surface area contributed by atoms with Crippen molar-refractivity contribution in [3.63, 3.8) is 0 Å². The standard InChI is InChI=1S/C24H17F2N3O2/c1-13-22-18(23(31)16-7-6-14-4-2-3-5-15(14)10-16)12-21(30)27-24(22)29(28-13)20-9-8-17(25)11-19(20)26/h2-11,18H,12H2,1H3,(H,27,30)/t18-/m1/s1. The maximum atomic E-state index is 14.4. The summed E-state index contributed by atoms with van der Waals surface area (Å²) in [7, 11) is 0. The molecule has 1 aliphatic heterocycles. The lowest BCUT2D eigenvalue weighted by Crippen LogP contribution is -2.28. The summed E-state index contributed by atoms with van der Waals surface area (Å²) in [6.45, 7) is 1.70. The highest BCUT2D eigenvalue weighted by molar-refractivity contribution is 6.09. The summed E-state index contributed by atoms with van der Waals surface area (Å²) >= 11 is 0. The van der Waals surface area contributed by atoms with E-state index in [-0.39, 0.29) is 29.6 Å². The third-order valence-electron chi connectivity index (χ3n) is 5.59. The molecule has 0 aliphatic carbocycles. The van der Waals surface area contributed by atoms with Gasteiger partial charge in [0.15, 0.2) is 11.6 Å². The number of ketones is 1. The summed E-state index contributed by atoms with van der Waals surface area (Å²) < 4.78 is 29.0. The first-order chi connectivity index (χ1) is 14.9. The number of nitrogens with zero attached hydrogens (tertiary/aromatic N) is 2. The molecule has 0 bridgehead atoms. The van der Waals surface area contributed by atoms with Gasteiger partial charge in [-0.15, -0.1) is 0 Å². The molecule has 0 saturated heterocycles. The molecule has 0 fully saturated rings. The van der Waals surface area contributed by atoms with Crippen LogP contribution in [0.3, 0.4) is 0 Å². The Hall–Kier alpha value is -3.87. The average molecular weight is 417 g/mol. The molecule has 1 amide bonds. The molecule has 0 spiro atoms. The van der Waals surface area contributed by atoms with Crippen LogP contribution in [0.15, 0.2) is 60.7 Å². The minimum atomic E-state index is -0.817. The molecule has 4 aromatic rings. The van der Waals surface area contributed by atoms with Gasteiger partial charge in [0.25, 0.3) is 0 Å². The Balaban J connectivity index is 1.62. The zero-order chi connectivity index (χ0) is 21.7. The van der Waals surface area contributed by atoms with Gasteiger partial charge in [0.1, 0.15) is 17.3 Å². The first kappa shape index (κ1) is 19.1. The molecule has 1 aliphatic rings.